The second kappa shape index (κ2) is 6.22. The van der Waals surface area contributed by atoms with E-state index in [1.54, 1.807) is 0 Å². The molecule has 1 aliphatic rings. The Morgan fingerprint density at radius 2 is 1.82 bits per heavy atom. The number of hydrogen-bond acceptors (Lipinski definition) is 5. The summed E-state index contributed by atoms with van der Waals surface area (Å²) in [6.45, 7) is 5.93. The molecule has 7 nitrogen and oxygen atoms in total. The third-order valence-electron chi connectivity index (χ3n) is 5.48. The lowest BCUT2D eigenvalue weighted by molar-refractivity contribution is 0.751. The molecule has 5 rings (SSSR count). The lowest BCUT2D eigenvalue weighted by atomic mass is 10.2. The molecule has 0 radical (unpaired) electrons. The predicted molar refractivity (Wildman–Crippen MR) is 107 cm³/mol. The third kappa shape index (κ3) is 2.69. The Balaban J connectivity index is 1.51. The van der Waals surface area contributed by atoms with Gasteiger partial charge in [-0.15, -0.1) is 5.10 Å². The smallest absolute Gasteiger partial charge is 0.159 e. The van der Waals surface area contributed by atoms with Gasteiger partial charge in [0, 0.05) is 31.4 Å². The molecule has 7 heteroatoms. The van der Waals surface area contributed by atoms with Gasteiger partial charge >= 0.3 is 0 Å². The van der Waals surface area contributed by atoms with Crippen LogP contribution in [-0.2, 0) is 13.5 Å². The average Bonchev–Trinajstić information content (AvgIpc) is 3.29. The highest BCUT2D eigenvalue weighted by atomic mass is 15.4. The molecule has 3 aromatic heterocycles. The van der Waals surface area contributed by atoms with E-state index in [1.807, 2.05) is 24.6 Å². The quantitative estimate of drug-likeness (QED) is 0.548. The second-order valence-electron chi connectivity index (χ2n) is 7.51. The summed E-state index contributed by atoms with van der Waals surface area (Å²) in [5, 5.41) is 4.53. The molecule has 0 saturated heterocycles. The zero-order valence-electron chi connectivity index (χ0n) is 16.6. The number of benzene rings is 1. The fourth-order valence-electron chi connectivity index (χ4n) is 4.05. The van der Waals surface area contributed by atoms with Gasteiger partial charge in [0.1, 0.15) is 23.3 Å². The van der Waals surface area contributed by atoms with E-state index in [4.69, 9.17) is 9.97 Å². The Bertz CT molecular complexity index is 1190. The predicted octanol–water partition coefficient (Wildman–Crippen LogP) is 3.39. The molecule has 0 spiro atoms. The maximum atomic E-state index is 4.88. The normalized spacial score (nSPS) is 18.7. The summed E-state index contributed by atoms with van der Waals surface area (Å²) in [7, 11) is 2.10. The summed E-state index contributed by atoms with van der Waals surface area (Å²) >= 11 is 0. The number of aryl methyl sites for hydroxylation is 4. The van der Waals surface area contributed by atoms with E-state index in [0.29, 0.717) is 11.8 Å². The third-order valence-corrected chi connectivity index (χ3v) is 5.48. The minimum Gasteiger partial charge on any atom is -0.331 e. The zero-order chi connectivity index (χ0) is 19.4. The molecule has 142 valence electrons. The molecule has 0 N–H and O–H groups in total. The van der Waals surface area contributed by atoms with Crippen LogP contribution in [0.2, 0.25) is 0 Å². The number of imidazole rings is 1. The lowest BCUT2D eigenvalue weighted by Gasteiger charge is -2.08. The summed E-state index contributed by atoms with van der Waals surface area (Å²) in [4.78, 5) is 18.7. The zero-order valence-corrected chi connectivity index (χ0v) is 16.6. The van der Waals surface area contributed by atoms with Crippen LogP contribution in [-0.4, -0.2) is 34.3 Å². The number of nitrogens with zero attached hydrogens (tertiary/aromatic N) is 7. The molecule has 1 unspecified atom stereocenters. The molecule has 1 saturated carbocycles. The molecule has 28 heavy (non-hydrogen) atoms. The van der Waals surface area contributed by atoms with Crippen molar-refractivity contribution in [2.75, 3.05) is 0 Å². The van der Waals surface area contributed by atoms with Crippen molar-refractivity contribution in [3.05, 3.63) is 59.3 Å². The SMILES string of the molecule is CCc1nc(C)nn1-c1cc(C2C[C@H]2c2nc3ccccc3n2C)nc(C)n1. The summed E-state index contributed by atoms with van der Waals surface area (Å²) in [5.41, 5.74) is 3.29. The average molecular weight is 373 g/mol. The van der Waals surface area contributed by atoms with Crippen LogP contribution in [0.25, 0.3) is 16.9 Å². The van der Waals surface area contributed by atoms with Gasteiger partial charge in [-0.2, -0.15) is 4.68 Å². The molecule has 1 aromatic carbocycles. The van der Waals surface area contributed by atoms with Crippen LogP contribution in [0.1, 0.15) is 54.2 Å². The molecule has 0 amide bonds. The minimum absolute atomic E-state index is 0.366. The Kier molecular flexibility index (Phi) is 3.79. The van der Waals surface area contributed by atoms with E-state index >= 15 is 0 Å². The molecule has 1 fully saturated rings. The molecular weight excluding hydrogens is 350 g/mol. The molecule has 0 bridgehead atoms. The van der Waals surface area contributed by atoms with Gasteiger partial charge in [-0.05, 0) is 32.4 Å². The fourth-order valence-corrected chi connectivity index (χ4v) is 4.05. The van der Waals surface area contributed by atoms with Crippen LogP contribution in [0.4, 0.5) is 0 Å². The molecular formula is C21H23N7. The standard InChI is InChI=1S/C21H23N7/c1-5-19-24-13(3)26-28(19)20-11-17(22-12(2)23-20)14-10-15(14)21-25-16-8-6-7-9-18(16)27(21)4/h6-9,11,14-15H,5,10H2,1-4H3/t14?,15-/m1/s1. The molecule has 3 heterocycles. The van der Waals surface area contributed by atoms with Crippen molar-refractivity contribution in [3.8, 4) is 5.82 Å². The maximum absolute atomic E-state index is 4.88. The first kappa shape index (κ1) is 17.0. The van der Waals surface area contributed by atoms with Crippen molar-refractivity contribution >= 4 is 11.0 Å². The lowest BCUT2D eigenvalue weighted by Crippen LogP contribution is -2.08. The van der Waals surface area contributed by atoms with Gasteiger partial charge in [0.15, 0.2) is 5.82 Å². The van der Waals surface area contributed by atoms with Crippen LogP contribution >= 0.6 is 0 Å². The van der Waals surface area contributed by atoms with Crippen LogP contribution < -0.4 is 0 Å². The summed E-state index contributed by atoms with van der Waals surface area (Å²) in [5.74, 6) is 5.14. The highest BCUT2D eigenvalue weighted by Gasteiger charge is 2.44. The number of aromatic nitrogens is 7. The Labute approximate surface area is 163 Å². The number of rotatable bonds is 4. The number of fused-ring (bicyclic) bond motifs is 1. The number of para-hydroxylation sites is 2. The summed E-state index contributed by atoms with van der Waals surface area (Å²) in [6, 6.07) is 10.4. The second-order valence-corrected chi connectivity index (χ2v) is 7.51. The highest BCUT2D eigenvalue weighted by molar-refractivity contribution is 5.76. The maximum Gasteiger partial charge on any atom is 0.159 e. The molecule has 0 aliphatic heterocycles. The fraction of sp³-hybridized carbons (Fsp3) is 0.381. The van der Waals surface area contributed by atoms with Crippen molar-refractivity contribution in [1.82, 2.24) is 34.3 Å². The minimum atomic E-state index is 0.366. The first-order valence-electron chi connectivity index (χ1n) is 9.75. The van der Waals surface area contributed by atoms with Gasteiger partial charge < -0.3 is 4.57 Å². The van der Waals surface area contributed by atoms with Crippen LogP contribution in [0.5, 0.6) is 0 Å². The van der Waals surface area contributed by atoms with E-state index in [9.17, 15) is 0 Å². The van der Waals surface area contributed by atoms with Crippen molar-refractivity contribution in [2.45, 2.75) is 45.4 Å². The van der Waals surface area contributed by atoms with Gasteiger partial charge in [-0.3, -0.25) is 0 Å². The van der Waals surface area contributed by atoms with Crippen molar-refractivity contribution in [3.63, 3.8) is 0 Å². The monoisotopic (exact) mass is 373 g/mol. The van der Waals surface area contributed by atoms with E-state index in [2.05, 4.69) is 57.9 Å². The molecule has 4 aromatic rings. The van der Waals surface area contributed by atoms with Gasteiger partial charge in [-0.1, -0.05) is 19.1 Å². The van der Waals surface area contributed by atoms with Gasteiger partial charge in [0.2, 0.25) is 0 Å². The molecule has 2 atom stereocenters. The first-order valence-corrected chi connectivity index (χ1v) is 9.75. The van der Waals surface area contributed by atoms with Gasteiger partial charge in [0.05, 0.1) is 16.7 Å². The topological polar surface area (TPSA) is 74.3 Å². The van der Waals surface area contributed by atoms with Crippen LogP contribution in [0.3, 0.4) is 0 Å². The van der Waals surface area contributed by atoms with Crippen molar-refractivity contribution in [2.24, 2.45) is 7.05 Å². The van der Waals surface area contributed by atoms with Gasteiger partial charge in [-0.25, -0.2) is 19.9 Å². The van der Waals surface area contributed by atoms with Crippen molar-refractivity contribution < 1.29 is 0 Å². The summed E-state index contributed by atoms with van der Waals surface area (Å²) < 4.78 is 4.06. The van der Waals surface area contributed by atoms with E-state index < -0.39 is 0 Å². The first-order chi connectivity index (χ1) is 13.5. The highest BCUT2D eigenvalue weighted by Crippen LogP contribution is 2.54. The van der Waals surface area contributed by atoms with Crippen molar-refractivity contribution in [1.29, 1.82) is 0 Å². The Hall–Kier alpha value is -3.09. The van der Waals surface area contributed by atoms with Crippen LogP contribution in [0.15, 0.2) is 30.3 Å². The Morgan fingerprint density at radius 3 is 2.61 bits per heavy atom. The Morgan fingerprint density at radius 1 is 1.00 bits per heavy atom. The van der Waals surface area contributed by atoms with Gasteiger partial charge in [0.25, 0.3) is 0 Å². The number of hydrogen-bond donors (Lipinski definition) is 0. The van der Waals surface area contributed by atoms with Crippen LogP contribution in [0, 0.1) is 13.8 Å². The molecule has 1 aliphatic carbocycles. The van der Waals surface area contributed by atoms with E-state index in [1.165, 1.54) is 5.52 Å². The van der Waals surface area contributed by atoms with E-state index in [-0.39, 0.29) is 0 Å². The summed E-state index contributed by atoms with van der Waals surface area (Å²) in [6.07, 6.45) is 1.87. The largest absolute Gasteiger partial charge is 0.331 e. The van der Waals surface area contributed by atoms with E-state index in [0.717, 1.165) is 53.2 Å².